The molecule has 0 bridgehead atoms. The number of benzene rings is 1. The second-order valence-corrected chi connectivity index (χ2v) is 7.36. The molecule has 28 heavy (non-hydrogen) atoms. The van der Waals surface area contributed by atoms with Crippen molar-refractivity contribution in [2.75, 3.05) is 18.5 Å². The van der Waals surface area contributed by atoms with Crippen LogP contribution in [0.4, 0.5) is 5.69 Å². The van der Waals surface area contributed by atoms with Crippen molar-refractivity contribution in [2.45, 2.75) is 24.9 Å². The van der Waals surface area contributed by atoms with Crippen LogP contribution in [-0.2, 0) is 13.0 Å². The van der Waals surface area contributed by atoms with Crippen LogP contribution in [0.1, 0.15) is 27.7 Å². The van der Waals surface area contributed by atoms with Crippen molar-refractivity contribution in [1.82, 2.24) is 20.1 Å². The fraction of sp³-hybridized carbons (Fsp3) is 0.286. The lowest BCUT2D eigenvalue weighted by molar-refractivity contribution is 0.0863. The summed E-state index contributed by atoms with van der Waals surface area (Å²) in [6.07, 6.45) is 2.75. The summed E-state index contributed by atoms with van der Waals surface area (Å²) in [5.74, 6) is 0.0839. The van der Waals surface area contributed by atoms with Crippen molar-refractivity contribution < 1.29 is 9.90 Å². The molecule has 0 aliphatic carbocycles. The molecule has 5 rings (SSSR count). The number of hydrogen-bond donors (Lipinski definition) is 3. The number of rotatable bonds is 3. The van der Waals surface area contributed by atoms with E-state index in [1.165, 1.54) is 11.3 Å². The van der Waals surface area contributed by atoms with Crippen LogP contribution < -0.4 is 10.6 Å². The number of para-hydroxylation sites is 1. The summed E-state index contributed by atoms with van der Waals surface area (Å²) in [5.41, 5.74) is 5.72. The number of aliphatic hydroxyl groups excluding tert-OH is 1. The van der Waals surface area contributed by atoms with Gasteiger partial charge in [0.1, 0.15) is 5.69 Å². The standard InChI is InChI=1S/C21H21N5O2/c27-12-16-11-26-20(21(28)24-16)9-19(25-26)14-5-6-22-18(8-14)15-7-13-3-1-2-4-17(13)23-10-15/h1-6,8-9,15-16,23,27H,7,10-12H2,(H,24,28). The van der Waals surface area contributed by atoms with E-state index >= 15 is 0 Å². The van der Waals surface area contributed by atoms with Crippen molar-refractivity contribution >= 4 is 11.6 Å². The number of pyridine rings is 1. The normalized spacial score (nSPS) is 20.7. The number of amides is 1. The van der Waals surface area contributed by atoms with Gasteiger partial charge < -0.3 is 15.7 Å². The SMILES string of the molecule is O=C1NC(CO)Cn2nc(-c3ccnc(C4CNc5ccccc5C4)c3)cc21. The third kappa shape index (κ3) is 2.93. The molecule has 0 spiro atoms. The quantitative estimate of drug-likeness (QED) is 0.649. The Hall–Kier alpha value is -3.19. The summed E-state index contributed by atoms with van der Waals surface area (Å²) in [4.78, 5) is 16.8. The van der Waals surface area contributed by atoms with Crippen LogP contribution in [0.15, 0.2) is 48.7 Å². The van der Waals surface area contributed by atoms with E-state index in [0.29, 0.717) is 12.2 Å². The molecule has 2 unspecified atom stereocenters. The first-order chi connectivity index (χ1) is 13.7. The molecule has 4 heterocycles. The first kappa shape index (κ1) is 16.9. The summed E-state index contributed by atoms with van der Waals surface area (Å²) >= 11 is 0. The van der Waals surface area contributed by atoms with Gasteiger partial charge in [-0.05, 0) is 36.2 Å². The second-order valence-electron chi connectivity index (χ2n) is 7.36. The Morgan fingerprint density at radius 1 is 1.21 bits per heavy atom. The molecule has 2 aliphatic rings. The minimum Gasteiger partial charge on any atom is -0.394 e. The number of nitrogens with one attached hydrogen (secondary N) is 2. The van der Waals surface area contributed by atoms with E-state index < -0.39 is 0 Å². The number of anilines is 1. The summed E-state index contributed by atoms with van der Waals surface area (Å²) in [5, 5.41) is 20.2. The van der Waals surface area contributed by atoms with Crippen molar-refractivity contribution in [1.29, 1.82) is 0 Å². The molecule has 0 saturated heterocycles. The fourth-order valence-corrected chi connectivity index (χ4v) is 3.98. The highest BCUT2D eigenvalue weighted by atomic mass is 16.3. The van der Waals surface area contributed by atoms with Gasteiger partial charge in [0.25, 0.3) is 5.91 Å². The Kier molecular flexibility index (Phi) is 4.09. The largest absolute Gasteiger partial charge is 0.394 e. The molecular weight excluding hydrogens is 354 g/mol. The third-order valence-electron chi connectivity index (χ3n) is 5.48. The summed E-state index contributed by atoms with van der Waals surface area (Å²) in [6.45, 7) is 1.21. The predicted molar refractivity (Wildman–Crippen MR) is 105 cm³/mol. The fourth-order valence-electron chi connectivity index (χ4n) is 3.98. The third-order valence-corrected chi connectivity index (χ3v) is 5.48. The molecule has 2 atom stereocenters. The lowest BCUT2D eigenvalue weighted by Gasteiger charge is -2.26. The monoisotopic (exact) mass is 375 g/mol. The highest BCUT2D eigenvalue weighted by molar-refractivity contribution is 5.94. The zero-order valence-corrected chi connectivity index (χ0v) is 15.3. The molecule has 1 amide bonds. The van der Waals surface area contributed by atoms with Gasteiger partial charge in [0.2, 0.25) is 0 Å². The second kappa shape index (κ2) is 6.76. The molecule has 1 aromatic carbocycles. The van der Waals surface area contributed by atoms with Gasteiger partial charge in [0, 0.05) is 35.6 Å². The van der Waals surface area contributed by atoms with Crippen LogP contribution in [0.5, 0.6) is 0 Å². The summed E-state index contributed by atoms with van der Waals surface area (Å²) < 4.78 is 1.67. The maximum atomic E-state index is 12.2. The lowest BCUT2D eigenvalue weighted by Crippen LogP contribution is -2.46. The molecule has 0 radical (unpaired) electrons. The lowest BCUT2D eigenvalue weighted by atomic mass is 9.90. The van der Waals surface area contributed by atoms with Gasteiger partial charge in [-0.2, -0.15) is 5.10 Å². The van der Waals surface area contributed by atoms with Gasteiger partial charge in [-0.25, -0.2) is 0 Å². The minimum atomic E-state index is -0.297. The maximum Gasteiger partial charge on any atom is 0.269 e. The molecular formula is C21H21N5O2. The van der Waals surface area contributed by atoms with Crippen molar-refractivity contribution in [3.05, 3.63) is 65.6 Å². The van der Waals surface area contributed by atoms with E-state index in [1.54, 1.807) is 16.9 Å². The molecule has 142 valence electrons. The van der Waals surface area contributed by atoms with Crippen LogP contribution >= 0.6 is 0 Å². The molecule has 2 aromatic heterocycles. The number of nitrogens with zero attached hydrogens (tertiary/aromatic N) is 3. The summed E-state index contributed by atoms with van der Waals surface area (Å²) in [7, 11) is 0. The Bertz CT molecular complexity index is 1040. The predicted octanol–water partition coefficient (Wildman–Crippen LogP) is 1.80. The van der Waals surface area contributed by atoms with Gasteiger partial charge in [0.15, 0.2) is 0 Å². The molecule has 3 N–H and O–H groups in total. The molecule has 7 heteroatoms. The van der Waals surface area contributed by atoms with Crippen LogP contribution in [0, 0.1) is 0 Å². The number of hydrogen-bond acceptors (Lipinski definition) is 5. The van der Waals surface area contributed by atoms with Crippen LogP contribution in [0.25, 0.3) is 11.3 Å². The Morgan fingerprint density at radius 3 is 3.00 bits per heavy atom. The van der Waals surface area contributed by atoms with E-state index in [4.69, 9.17) is 0 Å². The van der Waals surface area contributed by atoms with Gasteiger partial charge in [-0.3, -0.25) is 14.5 Å². The average Bonchev–Trinajstić information content (AvgIpc) is 3.18. The number of carbonyl (C=O) groups excluding carboxylic acids is 1. The first-order valence-electron chi connectivity index (χ1n) is 9.49. The molecule has 3 aromatic rings. The van der Waals surface area contributed by atoms with Gasteiger partial charge in [0.05, 0.1) is 24.9 Å². The van der Waals surface area contributed by atoms with Gasteiger partial charge >= 0.3 is 0 Å². The summed E-state index contributed by atoms with van der Waals surface area (Å²) in [6, 6.07) is 13.9. The van der Waals surface area contributed by atoms with Crippen molar-refractivity contribution in [3.8, 4) is 11.3 Å². The zero-order chi connectivity index (χ0) is 19.1. The Labute approximate surface area is 162 Å². The molecule has 7 nitrogen and oxygen atoms in total. The maximum absolute atomic E-state index is 12.2. The van der Waals surface area contributed by atoms with E-state index in [9.17, 15) is 9.90 Å². The van der Waals surface area contributed by atoms with Crippen molar-refractivity contribution in [2.24, 2.45) is 0 Å². The first-order valence-corrected chi connectivity index (χ1v) is 9.49. The average molecular weight is 375 g/mol. The van der Waals surface area contributed by atoms with Gasteiger partial charge in [-0.15, -0.1) is 0 Å². The highest BCUT2D eigenvalue weighted by Gasteiger charge is 2.26. The number of fused-ring (bicyclic) bond motifs is 2. The Morgan fingerprint density at radius 2 is 2.11 bits per heavy atom. The molecule has 0 saturated carbocycles. The van der Waals surface area contributed by atoms with E-state index in [2.05, 4.69) is 45.0 Å². The van der Waals surface area contributed by atoms with Gasteiger partial charge in [-0.1, -0.05) is 18.2 Å². The van der Waals surface area contributed by atoms with Crippen molar-refractivity contribution in [3.63, 3.8) is 0 Å². The number of carbonyl (C=O) groups is 1. The van der Waals surface area contributed by atoms with E-state index in [-0.39, 0.29) is 24.5 Å². The van der Waals surface area contributed by atoms with E-state index in [1.807, 2.05) is 12.1 Å². The Balaban J connectivity index is 1.44. The smallest absolute Gasteiger partial charge is 0.269 e. The topological polar surface area (TPSA) is 92.1 Å². The molecule has 2 aliphatic heterocycles. The van der Waals surface area contributed by atoms with Crippen LogP contribution in [0.3, 0.4) is 0 Å². The zero-order valence-electron chi connectivity index (χ0n) is 15.3. The van der Waals surface area contributed by atoms with E-state index in [0.717, 1.165) is 29.9 Å². The van der Waals surface area contributed by atoms with Crippen LogP contribution in [-0.4, -0.2) is 45.0 Å². The highest BCUT2D eigenvalue weighted by Crippen LogP contribution is 2.31. The number of aromatic nitrogens is 3. The minimum absolute atomic E-state index is 0.101. The number of aliphatic hydroxyl groups is 1. The van der Waals surface area contributed by atoms with Crippen LogP contribution in [0.2, 0.25) is 0 Å². The molecule has 0 fully saturated rings.